The zero-order chi connectivity index (χ0) is 13.8. The lowest BCUT2D eigenvalue weighted by molar-refractivity contribution is 0.523. The fourth-order valence-electron chi connectivity index (χ4n) is 2.64. The van der Waals surface area contributed by atoms with Crippen LogP contribution in [-0.4, -0.2) is 33.9 Å². The molecule has 0 spiro atoms. The van der Waals surface area contributed by atoms with E-state index in [9.17, 15) is 0 Å². The molecule has 0 saturated carbocycles. The van der Waals surface area contributed by atoms with Crippen molar-refractivity contribution in [1.82, 2.24) is 14.8 Å². The van der Waals surface area contributed by atoms with E-state index in [0.717, 1.165) is 44.0 Å². The number of piperidine rings is 1. The highest BCUT2D eigenvalue weighted by atomic mass is 15.3. The van der Waals surface area contributed by atoms with Gasteiger partial charge in [-0.1, -0.05) is 6.07 Å². The van der Waals surface area contributed by atoms with Crippen molar-refractivity contribution in [2.45, 2.75) is 32.4 Å². The van der Waals surface area contributed by atoms with Crippen molar-refractivity contribution in [2.24, 2.45) is 0 Å². The number of hydrogen-bond donors (Lipinski definition) is 1. The van der Waals surface area contributed by atoms with E-state index in [1.165, 1.54) is 0 Å². The minimum atomic E-state index is 0.532. The molecule has 0 aliphatic carbocycles. The molecular weight excluding hydrogens is 250 g/mol. The monoisotopic (exact) mass is 271 g/mol. The molecule has 0 radical (unpaired) electrons. The fourth-order valence-corrected chi connectivity index (χ4v) is 2.64. The molecule has 2 aromatic heterocycles. The molecule has 1 fully saturated rings. The number of aryl methyl sites for hydroxylation is 1. The van der Waals surface area contributed by atoms with Crippen molar-refractivity contribution < 1.29 is 0 Å². The molecule has 0 atom stereocenters. The Hall–Kier alpha value is -2.04. The number of hydrogen-bond acceptors (Lipinski definition) is 4. The molecule has 0 bridgehead atoms. The standard InChI is InChI=1S/C15H21N5/c1-2-20-12-14(11-17-20)18-13-6-9-19(10-7-13)15-5-3-4-8-16-15/h3-5,8,11-13,18H,2,6-7,9-10H2,1H3. The molecule has 3 rings (SSSR count). The topological polar surface area (TPSA) is 46.0 Å². The number of rotatable bonds is 4. The van der Waals surface area contributed by atoms with E-state index >= 15 is 0 Å². The second-order valence-electron chi connectivity index (χ2n) is 5.18. The average molecular weight is 271 g/mol. The van der Waals surface area contributed by atoms with Crippen molar-refractivity contribution in [1.29, 1.82) is 0 Å². The summed E-state index contributed by atoms with van der Waals surface area (Å²) in [5, 5.41) is 7.87. The minimum Gasteiger partial charge on any atom is -0.380 e. The highest BCUT2D eigenvalue weighted by Gasteiger charge is 2.20. The van der Waals surface area contributed by atoms with Crippen LogP contribution in [0.1, 0.15) is 19.8 Å². The van der Waals surface area contributed by atoms with E-state index in [-0.39, 0.29) is 0 Å². The molecule has 5 nitrogen and oxygen atoms in total. The Bertz CT molecular complexity index is 528. The molecule has 0 aromatic carbocycles. The Morgan fingerprint density at radius 2 is 2.15 bits per heavy atom. The van der Waals surface area contributed by atoms with Crippen molar-refractivity contribution >= 4 is 11.5 Å². The van der Waals surface area contributed by atoms with Crippen molar-refractivity contribution in [3.05, 3.63) is 36.8 Å². The first-order chi connectivity index (χ1) is 9.85. The van der Waals surface area contributed by atoms with Gasteiger partial charge in [-0.25, -0.2) is 4.98 Å². The molecule has 20 heavy (non-hydrogen) atoms. The number of nitrogens with zero attached hydrogens (tertiary/aromatic N) is 4. The van der Waals surface area contributed by atoms with Crippen LogP contribution in [0.25, 0.3) is 0 Å². The smallest absolute Gasteiger partial charge is 0.128 e. The first-order valence-corrected chi connectivity index (χ1v) is 7.30. The lowest BCUT2D eigenvalue weighted by Gasteiger charge is -2.33. The molecular formula is C15H21N5. The molecule has 0 unspecified atom stereocenters. The summed E-state index contributed by atoms with van der Waals surface area (Å²) in [4.78, 5) is 6.77. The molecule has 5 heteroatoms. The van der Waals surface area contributed by atoms with E-state index in [0.29, 0.717) is 6.04 Å². The normalized spacial score (nSPS) is 16.4. The zero-order valence-corrected chi connectivity index (χ0v) is 11.9. The SMILES string of the molecule is CCn1cc(NC2CCN(c3ccccn3)CC2)cn1. The Morgan fingerprint density at radius 1 is 1.30 bits per heavy atom. The predicted molar refractivity (Wildman–Crippen MR) is 81.0 cm³/mol. The van der Waals surface area contributed by atoms with Gasteiger partial charge in [0.2, 0.25) is 0 Å². The van der Waals surface area contributed by atoms with Crippen LogP contribution in [0.2, 0.25) is 0 Å². The van der Waals surface area contributed by atoms with Gasteiger partial charge in [0.1, 0.15) is 5.82 Å². The number of anilines is 2. The van der Waals surface area contributed by atoms with Crippen LogP contribution in [0.3, 0.4) is 0 Å². The highest BCUT2D eigenvalue weighted by molar-refractivity contribution is 5.41. The summed E-state index contributed by atoms with van der Waals surface area (Å²) in [5.41, 5.74) is 1.13. The van der Waals surface area contributed by atoms with Gasteiger partial charge in [-0.3, -0.25) is 4.68 Å². The molecule has 2 aromatic rings. The number of nitrogens with one attached hydrogen (secondary N) is 1. The van der Waals surface area contributed by atoms with Gasteiger partial charge in [-0.2, -0.15) is 5.10 Å². The van der Waals surface area contributed by atoms with Gasteiger partial charge in [-0.15, -0.1) is 0 Å². The maximum Gasteiger partial charge on any atom is 0.128 e. The lowest BCUT2D eigenvalue weighted by atomic mass is 10.0. The van der Waals surface area contributed by atoms with Crippen molar-refractivity contribution in [2.75, 3.05) is 23.3 Å². The number of aromatic nitrogens is 3. The molecule has 1 saturated heterocycles. The minimum absolute atomic E-state index is 0.532. The third kappa shape index (κ3) is 2.92. The highest BCUT2D eigenvalue weighted by Crippen LogP contribution is 2.20. The molecule has 1 aliphatic rings. The van der Waals surface area contributed by atoms with Gasteiger partial charge in [-0.05, 0) is 31.9 Å². The van der Waals surface area contributed by atoms with Crippen LogP contribution in [0.15, 0.2) is 36.8 Å². The molecule has 0 amide bonds. The van der Waals surface area contributed by atoms with Crippen molar-refractivity contribution in [3.8, 4) is 0 Å². The van der Waals surface area contributed by atoms with Crippen LogP contribution in [-0.2, 0) is 6.54 Å². The summed E-state index contributed by atoms with van der Waals surface area (Å²) in [6, 6.07) is 6.62. The summed E-state index contributed by atoms with van der Waals surface area (Å²) in [7, 11) is 0. The van der Waals surface area contributed by atoms with E-state index in [2.05, 4.69) is 39.5 Å². The third-order valence-electron chi connectivity index (χ3n) is 3.80. The molecule has 1 aliphatic heterocycles. The Labute approximate surface area is 119 Å². The first kappa shape index (κ1) is 13.0. The first-order valence-electron chi connectivity index (χ1n) is 7.30. The van der Waals surface area contributed by atoms with Gasteiger partial charge < -0.3 is 10.2 Å². The second-order valence-corrected chi connectivity index (χ2v) is 5.18. The summed E-state index contributed by atoms with van der Waals surface area (Å²) < 4.78 is 1.95. The van der Waals surface area contributed by atoms with E-state index in [4.69, 9.17) is 0 Å². The van der Waals surface area contributed by atoms with Crippen LogP contribution in [0.4, 0.5) is 11.5 Å². The van der Waals surface area contributed by atoms with Gasteiger partial charge in [0.05, 0.1) is 11.9 Å². The lowest BCUT2D eigenvalue weighted by Crippen LogP contribution is -2.39. The van der Waals surface area contributed by atoms with E-state index in [1.807, 2.05) is 29.2 Å². The molecule has 106 valence electrons. The van der Waals surface area contributed by atoms with E-state index in [1.54, 1.807) is 0 Å². The predicted octanol–water partition coefficient (Wildman–Crippen LogP) is 2.38. The van der Waals surface area contributed by atoms with Crippen LogP contribution in [0.5, 0.6) is 0 Å². The molecule has 1 N–H and O–H groups in total. The van der Waals surface area contributed by atoms with Gasteiger partial charge in [0.15, 0.2) is 0 Å². The Morgan fingerprint density at radius 3 is 2.80 bits per heavy atom. The van der Waals surface area contributed by atoms with Crippen molar-refractivity contribution in [3.63, 3.8) is 0 Å². The van der Waals surface area contributed by atoms with Gasteiger partial charge >= 0.3 is 0 Å². The number of pyridine rings is 1. The quantitative estimate of drug-likeness (QED) is 0.927. The Kier molecular flexibility index (Phi) is 3.85. The second kappa shape index (κ2) is 5.94. The Balaban J connectivity index is 1.53. The van der Waals surface area contributed by atoms with Crippen LogP contribution < -0.4 is 10.2 Å². The summed E-state index contributed by atoms with van der Waals surface area (Å²) in [6.07, 6.45) is 8.11. The summed E-state index contributed by atoms with van der Waals surface area (Å²) in [5.74, 6) is 1.09. The van der Waals surface area contributed by atoms with Crippen LogP contribution in [0, 0.1) is 0 Å². The zero-order valence-electron chi connectivity index (χ0n) is 11.9. The maximum atomic E-state index is 4.42. The van der Waals surface area contributed by atoms with E-state index < -0.39 is 0 Å². The fraction of sp³-hybridized carbons (Fsp3) is 0.467. The van der Waals surface area contributed by atoms with Crippen LogP contribution >= 0.6 is 0 Å². The largest absolute Gasteiger partial charge is 0.380 e. The molecule has 3 heterocycles. The maximum absolute atomic E-state index is 4.42. The van der Waals surface area contributed by atoms with Gasteiger partial charge in [0.25, 0.3) is 0 Å². The summed E-state index contributed by atoms with van der Waals surface area (Å²) >= 11 is 0. The average Bonchev–Trinajstić information content (AvgIpc) is 2.97. The third-order valence-corrected chi connectivity index (χ3v) is 3.80. The van der Waals surface area contributed by atoms with Gasteiger partial charge in [0, 0.05) is 38.1 Å². The summed E-state index contributed by atoms with van der Waals surface area (Å²) in [6.45, 7) is 5.12.